The number of benzene rings is 2. The van der Waals surface area contributed by atoms with Crippen molar-refractivity contribution in [3.8, 4) is 11.1 Å². The maximum atomic E-state index is 4.64. The number of rotatable bonds is 7. The molecular weight excluding hydrogens is 516 g/mol. The number of aryl methyl sites for hydroxylation is 2. The highest BCUT2D eigenvalue weighted by molar-refractivity contribution is 5.80. The lowest BCUT2D eigenvalue weighted by molar-refractivity contribution is 0.0641. The largest absolute Gasteiger partial charge is 0.0986 e. The van der Waals surface area contributed by atoms with E-state index < -0.39 is 0 Å². The van der Waals surface area contributed by atoms with E-state index in [1.54, 1.807) is 5.56 Å². The lowest BCUT2D eigenvalue weighted by Crippen LogP contribution is -2.36. The number of hydrogen-bond acceptors (Lipinski definition) is 0. The predicted molar refractivity (Wildman–Crippen MR) is 187 cm³/mol. The molecule has 0 heteroatoms. The van der Waals surface area contributed by atoms with Gasteiger partial charge in [0.05, 0.1) is 0 Å². The molecule has 3 unspecified atom stereocenters. The van der Waals surface area contributed by atoms with Crippen LogP contribution in [0, 0.1) is 54.8 Å². The zero-order chi connectivity index (χ0) is 30.5. The van der Waals surface area contributed by atoms with Gasteiger partial charge in [0.1, 0.15) is 0 Å². The highest BCUT2D eigenvalue weighted by Gasteiger charge is 2.38. The van der Waals surface area contributed by atoms with E-state index in [-0.39, 0.29) is 5.41 Å². The Bertz CT molecular complexity index is 1450. The molecule has 2 fully saturated rings. The van der Waals surface area contributed by atoms with Crippen molar-refractivity contribution in [2.75, 3.05) is 0 Å². The van der Waals surface area contributed by atoms with E-state index in [2.05, 4.69) is 103 Å². The number of fused-ring (bicyclic) bond motifs is 1. The number of hydrogen-bond donors (Lipinski definition) is 0. The van der Waals surface area contributed by atoms with Gasteiger partial charge in [0.25, 0.3) is 0 Å². The molecule has 0 aromatic heterocycles. The first-order chi connectivity index (χ1) is 20.5. The summed E-state index contributed by atoms with van der Waals surface area (Å²) in [5, 5.41) is 0. The highest BCUT2D eigenvalue weighted by atomic mass is 14.4. The molecule has 0 radical (unpaired) electrons. The first-order valence-corrected chi connectivity index (χ1v) is 17.4. The second-order valence-corrected chi connectivity index (χ2v) is 16.3. The monoisotopic (exact) mass is 572 g/mol. The van der Waals surface area contributed by atoms with Crippen molar-refractivity contribution in [3.63, 3.8) is 0 Å². The summed E-state index contributed by atoms with van der Waals surface area (Å²) in [5.74, 6) is 4.54. The van der Waals surface area contributed by atoms with Crippen molar-refractivity contribution in [1.29, 1.82) is 0 Å². The van der Waals surface area contributed by atoms with Gasteiger partial charge < -0.3 is 0 Å². The zero-order valence-corrected chi connectivity index (χ0v) is 28.1. The molecule has 228 valence electrons. The minimum atomic E-state index is 0.289. The minimum Gasteiger partial charge on any atom is -0.0986 e. The van der Waals surface area contributed by atoms with Crippen molar-refractivity contribution in [1.82, 2.24) is 0 Å². The first kappa shape index (κ1) is 30.4. The van der Waals surface area contributed by atoms with E-state index in [0.717, 1.165) is 42.9 Å². The standard InChI is InChI=1S/C43H56/c1-27-18-30(4)40(24-32-21-36(22-32)37-14-10-9-12-28(37)2)42(19-27)38-15-11-13-34-20-33(25-41(34)38)23-39-29(3)16-17-35(31(39)5)26-43(6,7)8/h11,13,15-20,28,32,35-37,39H,3,5,9-10,12,14,21-26H2,1-2,4,6-8H3/t28-,32?,35?,36?,37?,39?/m1/s1. The Balaban J connectivity index is 1.20. The Morgan fingerprint density at radius 1 is 0.930 bits per heavy atom. The fourth-order valence-corrected chi connectivity index (χ4v) is 9.32. The third-order valence-corrected chi connectivity index (χ3v) is 11.6. The molecule has 4 atom stereocenters. The first-order valence-electron chi connectivity index (χ1n) is 17.4. The van der Waals surface area contributed by atoms with Gasteiger partial charge in [-0.2, -0.15) is 0 Å². The second-order valence-electron chi connectivity index (χ2n) is 16.3. The lowest BCUT2D eigenvalue weighted by Gasteiger charge is -2.45. The van der Waals surface area contributed by atoms with Crippen LogP contribution < -0.4 is 0 Å². The van der Waals surface area contributed by atoms with Gasteiger partial charge >= 0.3 is 0 Å². The normalized spacial score (nSPS) is 28.9. The Morgan fingerprint density at radius 3 is 2.44 bits per heavy atom. The van der Waals surface area contributed by atoms with E-state index >= 15 is 0 Å². The van der Waals surface area contributed by atoms with Gasteiger partial charge in [-0.15, -0.1) is 0 Å². The van der Waals surface area contributed by atoms with Crippen LogP contribution >= 0.6 is 0 Å². The second kappa shape index (κ2) is 12.1. The predicted octanol–water partition coefficient (Wildman–Crippen LogP) is 12.0. The summed E-state index contributed by atoms with van der Waals surface area (Å²) in [6.07, 6.45) is 20.3. The van der Waals surface area contributed by atoms with Gasteiger partial charge in [-0.3, -0.25) is 0 Å². The van der Waals surface area contributed by atoms with E-state index in [1.165, 1.54) is 95.0 Å². The quantitative estimate of drug-likeness (QED) is 0.289. The van der Waals surface area contributed by atoms with Crippen LogP contribution in [0.4, 0.5) is 0 Å². The van der Waals surface area contributed by atoms with Crippen LogP contribution in [0.15, 0.2) is 72.4 Å². The maximum Gasteiger partial charge on any atom is 0.00827 e. The molecule has 4 aliphatic carbocycles. The third-order valence-electron chi connectivity index (χ3n) is 11.6. The summed E-state index contributed by atoms with van der Waals surface area (Å²) in [5.41, 5.74) is 14.8. The van der Waals surface area contributed by atoms with Crippen LogP contribution in [-0.4, -0.2) is 0 Å². The molecule has 0 N–H and O–H groups in total. The highest BCUT2D eigenvalue weighted by Crippen LogP contribution is 2.49. The summed E-state index contributed by atoms with van der Waals surface area (Å²) in [6, 6.07) is 11.9. The Hall–Kier alpha value is -2.60. The molecule has 0 aliphatic heterocycles. The van der Waals surface area contributed by atoms with Crippen LogP contribution in [0.5, 0.6) is 0 Å². The molecule has 0 nitrogen and oxygen atoms in total. The molecule has 0 spiro atoms. The van der Waals surface area contributed by atoms with Crippen LogP contribution in [0.25, 0.3) is 17.2 Å². The van der Waals surface area contributed by atoms with Crippen LogP contribution in [0.2, 0.25) is 0 Å². The van der Waals surface area contributed by atoms with Gasteiger partial charge in [-0.1, -0.05) is 125 Å². The Morgan fingerprint density at radius 2 is 1.70 bits per heavy atom. The molecule has 4 aliphatic rings. The molecule has 6 rings (SSSR count). The average Bonchev–Trinajstić information content (AvgIpc) is 3.34. The molecule has 2 saturated carbocycles. The van der Waals surface area contributed by atoms with Crippen molar-refractivity contribution < 1.29 is 0 Å². The van der Waals surface area contributed by atoms with Gasteiger partial charge in [0.2, 0.25) is 0 Å². The van der Waals surface area contributed by atoms with Gasteiger partial charge in [0, 0.05) is 5.92 Å². The van der Waals surface area contributed by atoms with Crippen molar-refractivity contribution in [2.45, 2.75) is 106 Å². The molecule has 0 amide bonds. The van der Waals surface area contributed by atoms with E-state index in [9.17, 15) is 0 Å². The zero-order valence-electron chi connectivity index (χ0n) is 28.1. The Kier molecular flexibility index (Phi) is 8.54. The van der Waals surface area contributed by atoms with Crippen molar-refractivity contribution in [2.24, 2.45) is 40.9 Å². The molecule has 43 heavy (non-hydrogen) atoms. The van der Waals surface area contributed by atoms with E-state index in [1.807, 2.05) is 0 Å². The summed E-state index contributed by atoms with van der Waals surface area (Å²) < 4.78 is 0. The molecule has 2 aromatic carbocycles. The van der Waals surface area contributed by atoms with Crippen molar-refractivity contribution >= 4 is 6.08 Å². The van der Waals surface area contributed by atoms with Crippen LogP contribution in [0.1, 0.15) is 107 Å². The smallest absolute Gasteiger partial charge is 0.00827 e. The van der Waals surface area contributed by atoms with Gasteiger partial charge in [-0.25, -0.2) is 0 Å². The summed E-state index contributed by atoms with van der Waals surface area (Å²) in [7, 11) is 0. The Labute approximate surface area is 263 Å². The SMILES string of the molecule is C=C1C=CC(CC(C)(C)C)C(=C)C1CC1=Cc2cccc(-c3cc(C)cc(C)c3CC3CC(C4CCCC[C@H]4C)C3)c2C1. The van der Waals surface area contributed by atoms with Crippen molar-refractivity contribution in [3.05, 3.63) is 100 Å². The summed E-state index contributed by atoms with van der Waals surface area (Å²) in [4.78, 5) is 0. The van der Waals surface area contributed by atoms with E-state index in [4.69, 9.17) is 0 Å². The fraction of sp³-hybridized carbons (Fsp3) is 0.535. The fourth-order valence-electron chi connectivity index (χ4n) is 9.32. The van der Waals surface area contributed by atoms with E-state index in [0.29, 0.717) is 11.8 Å². The minimum absolute atomic E-state index is 0.289. The lowest BCUT2D eigenvalue weighted by atomic mass is 9.60. The number of allylic oxidation sites excluding steroid dienone is 5. The van der Waals surface area contributed by atoms with Gasteiger partial charge in [0.15, 0.2) is 0 Å². The molecule has 0 bridgehead atoms. The molecule has 0 heterocycles. The summed E-state index contributed by atoms with van der Waals surface area (Å²) >= 11 is 0. The van der Waals surface area contributed by atoms with Crippen LogP contribution in [0.3, 0.4) is 0 Å². The van der Waals surface area contributed by atoms with Crippen LogP contribution in [-0.2, 0) is 12.8 Å². The van der Waals surface area contributed by atoms with Gasteiger partial charge in [-0.05, 0) is 133 Å². The maximum absolute atomic E-state index is 4.64. The average molecular weight is 573 g/mol. The summed E-state index contributed by atoms with van der Waals surface area (Å²) in [6.45, 7) is 23.3. The molecule has 2 aromatic rings. The molecule has 0 saturated heterocycles. The molecular formula is C43H56. The topological polar surface area (TPSA) is 0 Å². The third kappa shape index (κ3) is 6.45.